The molecule has 1 amide bonds. The van der Waals surface area contributed by atoms with Gasteiger partial charge in [0.2, 0.25) is 5.91 Å². The highest BCUT2D eigenvalue weighted by Crippen LogP contribution is 2.16. The van der Waals surface area contributed by atoms with Crippen LogP contribution in [0, 0.1) is 0 Å². The number of carbonyl (C=O) groups is 1. The SMILES string of the molecule is CN1CCC(=O)N([C@H](COc2ccccc2)Cc2ccccc2)CC1. The Kier molecular flexibility index (Phi) is 6.07. The predicted octanol–water partition coefficient (Wildman–Crippen LogP) is 2.84. The van der Waals surface area contributed by atoms with Crippen LogP contribution in [0.15, 0.2) is 60.7 Å². The normalized spacial score (nSPS) is 17.2. The number of carbonyl (C=O) groups excluding carboxylic acids is 1. The first-order valence-electron chi connectivity index (χ1n) is 8.92. The monoisotopic (exact) mass is 338 g/mol. The van der Waals surface area contributed by atoms with Crippen molar-refractivity contribution in [2.45, 2.75) is 18.9 Å². The second-order valence-electron chi connectivity index (χ2n) is 6.61. The number of benzene rings is 2. The molecule has 2 aromatic rings. The van der Waals surface area contributed by atoms with Gasteiger partial charge in [0.15, 0.2) is 0 Å². The summed E-state index contributed by atoms with van der Waals surface area (Å²) in [4.78, 5) is 16.9. The zero-order valence-corrected chi connectivity index (χ0v) is 14.8. The number of para-hydroxylation sites is 1. The van der Waals surface area contributed by atoms with E-state index >= 15 is 0 Å². The molecular formula is C21H26N2O2. The van der Waals surface area contributed by atoms with E-state index in [0.717, 1.165) is 31.8 Å². The van der Waals surface area contributed by atoms with Crippen molar-refractivity contribution in [1.82, 2.24) is 9.80 Å². The lowest BCUT2D eigenvalue weighted by Gasteiger charge is -2.31. The third-order valence-corrected chi connectivity index (χ3v) is 4.69. The van der Waals surface area contributed by atoms with Crippen LogP contribution in [0.25, 0.3) is 0 Å². The third-order valence-electron chi connectivity index (χ3n) is 4.69. The first-order chi connectivity index (χ1) is 12.2. The summed E-state index contributed by atoms with van der Waals surface area (Å²) < 4.78 is 6.00. The Morgan fingerprint density at radius 3 is 2.36 bits per heavy atom. The molecule has 1 fully saturated rings. The minimum atomic E-state index is 0.0432. The van der Waals surface area contributed by atoms with Crippen LogP contribution < -0.4 is 4.74 Å². The van der Waals surface area contributed by atoms with Gasteiger partial charge in [-0.15, -0.1) is 0 Å². The fourth-order valence-corrected chi connectivity index (χ4v) is 3.19. The smallest absolute Gasteiger partial charge is 0.224 e. The van der Waals surface area contributed by atoms with Crippen molar-refractivity contribution >= 4 is 5.91 Å². The number of likely N-dealkylation sites (N-methyl/N-ethyl adjacent to an activating group) is 1. The molecule has 132 valence electrons. The molecule has 1 heterocycles. The van der Waals surface area contributed by atoms with E-state index in [1.54, 1.807) is 0 Å². The maximum Gasteiger partial charge on any atom is 0.224 e. The Hall–Kier alpha value is -2.33. The summed E-state index contributed by atoms with van der Waals surface area (Å²) in [6.45, 7) is 2.99. The van der Waals surface area contributed by atoms with Gasteiger partial charge in [-0.05, 0) is 31.2 Å². The number of ether oxygens (including phenoxy) is 1. The fraction of sp³-hybridized carbons (Fsp3) is 0.381. The van der Waals surface area contributed by atoms with Gasteiger partial charge >= 0.3 is 0 Å². The molecule has 0 aromatic heterocycles. The zero-order chi connectivity index (χ0) is 17.5. The number of rotatable bonds is 6. The molecule has 3 rings (SSSR count). The summed E-state index contributed by atoms with van der Waals surface area (Å²) >= 11 is 0. The molecule has 0 radical (unpaired) electrons. The topological polar surface area (TPSA) is 32.8 Å². The van der Waals surface area contributed by atoms with E-state index in [0.29, 0.717) is 13.0 Å². The second kappa shape index (κ2) is 8.67. The average Bonchev–Trinajstić information content (AvgIpc) is 2.82. The number of amides is 1. The molecule has 4 nitrogen and oxygen atoms in total. The molecule has 0 bridgehead atoms. The summed E-state index contributed by atoms with van der Waals surface area (Å²) in [6, 6.07) is 20.2. The first kappa shape index (κ1) is 17.5. The summed E-state index contributed by atoms with van der Waals surface area (Å²) in [5.74, 6) is 1.07. The van der Waals surface area contributed by atoms with Gasteiger partial charge in [-0.2, -0.15) is 0 Å². The molecule has 0 spiro atoms. The Balaban J connectivity index is 1.74. The largest absolute Gasteiger partial charge is 0.491 e. The van der Waals surface area contributed by atoms with Gasteiger partial charge in [-0.25, -0.2) is 0 Å². The van der Waals surface area contributed by atoms with Gasteiger partial charge in [0, 0.05) is 26.1 Å². The molecule has 1 atom stereocenters. The average molecular weight is 338 g/mol. The standard InChI is InChI=1S/C21H26N2O2/c1-22-13-12-21(24)23(15-14-22)19(16-18-8-4-2-5-9-18)17-25-20-10-6-3-7-11-20/h2-11,19H,12-17H2,1H3/t19-/m0/s1. The van der Waals surface area contributed by atoms with Gasteiger partial charge in [0.25, 0.3) is 0 Å². The number of hydrogen-bond donors (Lipinski definition) is 0. The molecule has 2 aromatic carbocycles. The molecule has 1 aliphatic rings. The van der Waals surface area contributed by atoms with Gasteiger partial charge in [-0.3, -0.25) is 4.79 Å². The van der Waals surface area contributed by atoms with Crippen LogP contribution in [0.1, 0.15) is 12.0 Å². The first-order valence-corrected chi connectivity index (χ1v) is 8.92. The summed E-state index contributed by atoms with van der Waals surface area (Å²) in [5, 5.41) is 0. The molecule has 4 heteroatoms. The van der Waals surface area contributed by atoms with E-state index < -0.39 is 0 Å². The Morgan fingerprint density at radius 2 is 1.64 bits per heavy atom. The summed E-state index contributed by atoms with van der Waals surface area (Å²) in [7, 11) is 2.07. The van der Waals surface area contributed by atoms with E-state index in [4.69, 9.17) is 4.74 Å². The van der Waals surface area contributed by atoms with Crippen LogP contribution in [0.2, 0.25) is 0 Å². The van der Waals surface area contributed by atoms with Gasteiger partial charge in [0.1, 0.15) is 12.4 Å². The summed E-state index contributed by atoms with van der Waals surface area (Å²) in [5.41, 5.74) is 1.23. The van der Waals surface area contributed by atoms with Crippen molar-refractivity contribution in [3.8, 4) is 5.75 Å². The van der Waals surface area contributed by atoms with Crippen molar-refractivity contribution < 1.29 is 9.53 Å². The van der Waals surface area contributed by atoms with Gasteiger partial charge in [-0.1, -0.05) is 48.5 Å². The van der Waals surface area contributed by atoms with E-state index in [9.17, 15) is 4.79 Å². The zero-order valence-electron chi connectivity index (χ0n) is 14.8. The van der Waals surface area contributed by atoms with Crippen molar-refractivity contribution in [1.29, 1.82) is 0 Å². The molecule has 25 heavy (non-hydrogen) atoms. The van der Waals surface area contributed by atoms with Crippen LogP contribution in [-0.4, -0.2) is 55.0 Å². The van der Waals surface area contributed by atoms with Crippen LogP contribution in [0.4, 0.5) is 0 Å². The third kappa shape index (κ3) is 5.07. The molecule has 0 saturated carbocycles. The highest BCUT2D eigenvalue weighted by atomic mass is 16.5. The lowest BCUT2D eigenvalue weighted by atomic mass is 10.0. The van der Waals surface area contributed by atoms with E-state index in [1.165, 1.54) is 5.56 Å². The van der Waals surface area contributed by atoms with Gasteiger partial charge < -0.3 is 14.5 Å². The van der Waals surface area contributed by atoms with E-state index in [-0.39, 0.29) is 11.9 Å². The Morgan fingerprint density at radius 1 is 0.960 bits per heavy atom. The quantitative estimate of drug-likeness (QED) is 0.812. The highest BCUT2D eigenvalue weighted by Gasteiger charge is 2.27. The molecule has 0 aliphatic carbocycles. The summed E-state index contributed by atoms with van der Waals surface area (Å²) in [6.07, 6.45) is 1.39. The minimum Gasteiger partial charge on any atom is -0.491 e. The van der Waals surface area contributed by atoms with Crippen LogP contribution >= 0.6 is 0 Å². The van der Waals surface area contributed by atoms with Crippen molar-refractivity contribution in [2.24, 2.45) is 0 Å². The van der Waals surface area contributed by atoms with Gasteiger partial charge in [0.05, 0.1) is 6.04 Å². The van der Waals surface area contributed by atoms with Crippen LogP contribution in [0.5, 0.6) is 5.75 Å². The van der Waals surface area contributed by atoms with Crippen molar-refractivity contribution in [3.05, 3.63) is 66.2 Å². The molecule has 0 unspecified atom stereocenters. The van der Waals surface area contributed by atoms with Crippen LogP contribution in [-0.2, 0) is 11.2 Å². The van der Waals surface area contributed by atoms with E-state index in [2.05, 4.69) is 24.1 Å². The van der Waals surface area contributed by atoms with E-state index in [1.807, 2.05) is 53.4 Å². The molecular weight excluding hydrogens is 312 g/mol. The minimum absolute atomic E-state index is 0.0432. The second-order valence-corrected chi connectivity index (χ2v) is 6.61. The highest BCUT2D eigenvalue weighted by molar-refractivity contribution is 5.77. The molecule has 1 aliphatic heterocycles. The number of nitrogens with zero attached hydrogens (tertiary/aromatic N) is 2. The molecule has 1 saturated heterocycles. The maximum absolute atomic E-state index is 12.6. The molecule has 0 N–H and O–H groups in total. The van der Waals surface area contributed by atoms with Crippen LogP contribution in [0.3, 0.4) is 0 Å². The fourth-order valence-electron chi connectivity index (χ4n) is 3.19. The number of hydrogen-bond acceptors (Lipinski definition) is 3. The lowest BCUT2D eigenvalue weighted by molar-refractivity contribution is -0.133. The lowest BCUT2D eigenvalue weighted by Crippen LogP contribution is -2.45. The predicted molar refractivity (Wildman–Crippen MR) is 99.7 cm³/mol. The van der Waals surface area contributed by atoms with Crippen molar-refractivity contribution in [2.75, 3.05) is 33.3 Å². The Labute approximate surface area is 150 Å². The maximum atomic E-state index is 12.6. The van der Waals surface area contributed by atoms with Crippen molar-refractivity contribution in [3.63, 3.8) is 0 Å². The Bertz CT molecular complexity index is 660.